The molecule has 1 aliphatic rings. The van der Waals surface area contributed by atoms with Gasteiger partial charge >= 0.3 is 0 Å². The number of aromatic nitrogens is 2. The van der Waals surface area contributed by atoms with Crippen LogP contribution in [-0.4, -0.2) is 52.6 Å². The highest BCUT2D eigenvalue weighted by Crippen LogP contribution is 2.39. The van der Waals surface area contributed by atoms with Crippen LogP contribution in [0.15, 0.2) is 11.0 Å². The lowest BCUT2D eigenvalue weighted by Gasteiger charge is -2.17. The van der Waals surface area contributed by atoms with Gasteiger partial charge in [-0.2, -0.15) is 5.10 Å². The number of hydrogen-bond donors (Lipinski definition) is 2. The normalized spacial score (nSPS) is 16.7. The van der Waals surface area contributed by atoms with E-state index in [1.807, 2.05) is 19.0 Å². The number of nitrogens with zero attached hydrogens (tertiary/aromatic N) is 3. The van der Waals surface area contributed by atoms with Crippen molar-refractivity contribution in [3.05, 3.63) is 21.6 Å². The van der Waals surface area contributed by atoms with Crippen molar-refractivity contribution in [2.75, 3.05) is 32.6 Å². The number of rotatable bonds is 6. The van der Waals surface area contributed by atoms with E-state index in [0.717, 1.165) is 19.4 Å². The average Bonchev–Trinajstić information content (AvgIpc) is 3.14. The van der Waals surface area contributed by atoms with E-state index >= 15 is 0 Å². The monoisotopic (exact) mass is 286 g/mol. The van der Waals surface area contributed by atoms with Gasteiger partial charge in [0.1, 0.15) is 5.02 Å². The zero-order valence-corrected chi connectivity index (χ0v) is 11.9. The summed E-state index contributed by atoms with van der Waals surface area (Å²) in [6.45, 7) is 1.25. The summed E-state index contributed by atoms with van der Waals surface area (Å²) in [5.74, 6) is 0. The van der Waals surface area contributed by atoms with Crippen LogP contribution < -0.4 is 10.9 Å². The van der Waals surface area contributed by atoms with E-state index < -0.39 is 0 Å². The minimum absolute atomic E-state index is 0.0348. The Morgan fingerprint density at radius 2 is 2.26 bits per heavy atom. The molecule has 1 fully saturated rings. The first-order valence-electron chi connectivity index (χ1n) is 6.27. The topological polar surface area (TPSA) is 70.4 Å². The quantitative estimate of drug-likeness (QED) is 0.792. The van der Waals surface area contributed by atoms with Crippen LogP contribution in [0.1, 0.15) is 12.8 Å². The smallest absolute Gasteiger partial charge is 0.287 e. The van der Waals surface area contributed by atoms with Crippen LogP contribution in [0, 0.1) is 0 Å². The van der Waals surface area contributed by atoms with Crippen LogP contribution in [0.2, 0.25) is 5.02 Å². The summed E-state index contributed by atoms with van der Waals surface area (Å²) in [4.78, 5) is 14.0. The second-order valence-corrected chi connectivity index (χ2v) is 5.65. The molecular formula is C12H19ClN4O2. The second-order valence-electron chi connectivity index (χ2n) is 5.27. The third-order valence-corrected chi connectivity index (χ3v) is 3.67. The standard InChI is InChI=1S/C12H19ClN4O2/c1-16(2)5-6-17-11(19)10(13)9(7-14-17)15-12(8-18)3-4-12/h7,15,18H,3-6,8H2,1-2H3. The average molecular weight is 287 g/mol. The van der Waals surface area contributed by atoms with E-state index in [9.17, 15) is 9.90 Å². The summed E-state index contributed by atoms with van der Waals surface area (Å²) in [6.07, 6.45) is 3.31. The molecule has 106 valence electrons. The molecule has 1 heterocycles. The summed E-state index contributed by atoms with van der Waals surface area (Å²) in [5, 5.41) is 16.6. The van der Waals surface area contributed by atoms with E-state index in [2.05, 4.69) is 10.4 Å². The van der Waals surface area contributed by atoms with Gasteiger partial charge in [0.25, 0.3) is 5.56 Å². The van der Waals surface area contributed by atoms with Crippen molar-refractivity contribution in [2.24, 2.45) is 0 Å². The highest BCUT2D eigenvalue weighted by Gasteiger charge is 2.42. The Kier molecular flexibility index (Phi) is 4.13. The van der Waals surface area contributed by atoms with Gasteiger partial charge in [-0.1, -0.05) is 11.6 Å². The first-order valence-corrected chi connectivity index (χ1v) is 6.65. The van der Waals surface area contributed by atoms with E-state index in [-0.39, 0.29) is 22.7 Å². The molecule has 0 aromatic carbocycles. The fourth-order valence-electron chi connectivity index (χ4n) is 1.77. The molecular weight excluding hydrogens is 268 g/mol. The molecule has 0 radical (unpaired) electrons. The minimum Gasteiger partial charge on any atom is -0.394 e. The largest absolute Gasteiger partial charge is 0.394 e. The van der Waals surface area contributed by atoms with Crippen molar-refractivity contribution in [2.45, 2.75) is 24.9 Å². The Morgan fingerprint density at radius 1 is 1.58 bits per heavy atom. The van der Waals surface area contributed by atoms with Crippen LogP contribution in [-0.2, 0) is 6.54 Å². The van der Waals surface area contributed by atoms with Gasteiger partial charge < -0.3 is 15.3 Å². The molecule has 0 bridgehead atoms. The third-order valence-electron chi connectivity index (χ3n) is 3.30. The van der Waals surface area contributed by atoms with Gasteiger partial charge in [-0.3, -0.25) is 4.79 Å². The number of hydrogen-bond acceptors (Lipinski definition) is 5. The Hall–Kier alpha value is -1.11. The van der Waals surface area contributed by atoms with E-state index in [1.165, 1.54) is 4.68 Å². The molecule has 1 aromatic heterocycles. The number of aliphatic hydroxyl groups excluding tert-OH is 1. The number of likely N-dealkylation sites (N-methyl/N-ethyl adjacent to an activating group) is 1. The van der Waals surface area contributed by atoms with Crippen LogP contribution in [0.25, 0.3) is 0 Å². The van der Waals surface area contributed by atoms with Crippen molar-refractivity contribution in [1.82, 2.24) is 14.7 Å². The van der Waals surface area contributed by atoms with Gasteiger partial charge in [0.05, 0.1) is 30.6 Å². The summed E-state index contributed by atoms with van der Waals surface area (Å²) in [7, 11) is 3.86. The molecule has 1 aromatic rings. The maximum Gasteiger partial charge on any atom is 0.287 e. The number of nitrogens with one attached hydrogen (secondary N) is 1. The lowest BCUT2D eigenvalue weighted by molar-refractivity contribution is 0.266. The Morgan fingerprint density at radius 3 is 2.79 bits per heavy atom. The maximum absolute atomic E-state index is 12.0. The predicted molar refractivity (Wildman–Crippen MR) is 74.7 cm³/mol. The highest BCUT2D eigenvalue weighted by atomic mass is 35.5. The van der Waals surface area contributed by atoms with Crippen molar-refractivity contribution in [1.29, 1.82) is 0 Å². The molecule has 0 unspecified atom stereocenters. The molecule has 1 saturated carbocycles. The summed E-state index contributed by atoms with van der Waals surface area (Å²) in [6, 6.07) is 0. The molecule has 19 heavy (non-hydrogen) atoms. The van der Waals surface area contributed by atoms with Crippen LogP contribution >= 0.6 is 11.6 Å². The van der Waals surface area contributed by atoms with E-state index in [4.69, 9.17) is 11.6 Å². The predicted octanol–water partition coefficient (Wildman–Crippen LogP) is 0.395. The van der Waals surface area contributed by atoms with Crippen LogP contribution in [0.4, 0.5) is 5.69 Å². The minimum atomic E-state index is -0.312. The molecule has 0 atom stereocenters. The third kappa shape index (κ3) is 3.26. The molecule has 2 rings (SSSR count). The highest BCUT2D eigenvalue weighted by molar-refractivity contribution is 6.32. The lowest BCUT2D eigenvalue weighted by atomic mass is 10.3. The summed E-state index contributed by atoms with van der Waals surface area (Å²) < 4.78 is 1.35. The molecule has 0 amide bonds. The van der Waals surface area contributed by atoms with Crippen molar-refractivity contribution in [3.63, 3.8) is 0 Å². The van der Waals surface area contributed by atoms with Crippen LogP contribution in [0.5, 0.6) is 0 Å². The number of halogens is 1. The molecule has 7 heteroatoms. The van der Waals surface area contributed by atoms with Gasteiger partial charge in [-0.05, 0) is 26.9 Å². The Labute approximate surface area is 117 Å². The van der Waals surface area contributed by atoms with E-state index in [0.29, 0.717) is 12.2 Å². The van der Waals surface area contributed by atoms with Gasteiger partial charge in [-0.15, -0.1) is 0 Å². The number of anilines is 1. The first-order chi connectivity index (χ1) is 8.97. The molecule has 0 spiro atoms. The van der Waals surface area contributed by atoms with E-state index in [1.54, 1.807) is 6.20 Å². The lowest BCUT2D eigenvalue weighted by Crippen LogP contribution is -2.31. The van der Waals surface area contributed by atoms with Crippen molar-refractivity contribution in [3.8, 4) is 0 Å². The van der Waals surface area contributed by atoms with Gasteiger partial charge in [0.15, 0.2) is 0 Å². The summed E-state index contributed by atoms with van der Waals surface area (Å²) in [5.41, 5.74) is -0.116. The Bertz CT molecular complexity index is 511. The van der Waals surface area contributed by atoms with Crippen molar-refractivity contribution < 1.29 is 5.11 Å². The molecule has 1 aliphatic carbocycles. The first kappa shape index (κ1) is 14.3. The fourth-order valence-corrected chi connectivity index (χ4v) is 1.96. The van der Waals surface area contributed by atoms with Gasteiger partial charge in [0.2, 0.25) is 0 Å². The number of aliphatic hydroxyl groups is 1. The maximum atomic E-state index is 12.0. The Balaban J connectivity index is 2.15. The SMILES string of the molecule is CN(C)CCn1ncc(NC2(CO)CC2)c(Cl)c1=O. The van der Waals surface area contributed by atoms with Gasteiger partial charge in [0, 0.05) is 6.54 Å². The summed E-state index contributed by atoms with van der Waals surface area (Å²) >= 11 is 6.07. The molecule has 0 aliphatic heterocycles. The second kappa shape index (κ2) is 5.48. The zero-order chi connectivity index (χ0) is 14.0. The van der Waals surface area contributed by atoms with Gasteiger partial charge in [-0.25, -0.2) is 4.68 Å². The van der Waals surface area contributed by atoms with Crippen LogP contribution in [0.3, 0.4) is 0 Å². The molecule has 0 saturated heterocycles. The molecule has 2 N–H and O–H groups in total. The fraction of sp³-hybridized carbons (Fsp3) is 0.667. The molecule has 6 nitrogen and oxygen atoms in total. The zero-order valence-electron chi connectivity index (χ0n) is 11.2. The van der Waals surface area contributed by atoms with Crippen molar-refractivity contribution >= 4 is 17.3 Å².